The Morgan fingerprint density at radius 3 is 1.36 bits per heavy atom. The van der Waals surface area contributed by atoms with Crippen molar-refractivity contribution < 1.29 is 10.2 Å². The van der Waals surface area contributed by atoms with Crippen LogP contribution in [0.3, 0.4) is 0 Å². The predicted octanol–water partition coefficient (Wildman–Crippen LogP) is 8.43. The van der Waals surface area contributed by atoms with E-state index in [4.69, 9.17) is 10.2 Å². The van der Waals surface area contributed by atoms with Crippen LogP contribution in [0.25, 0.3) is 0 Å². The fraction of sp³-hybridized carbons (Fsp3) is 0.842. The van der Waals surface area contributed by atoms with Gasteiger partial charge in [0.05, 0.1) is 12.2 Å². The summed E-state index contributed by atoms with van der Waals surface area (Å²) in [6.07, 6.45) is 23.4. The molecule has 0 aromatic carbocycles. The van der Waals surface area contributed by atoms with Crippen molar-refractivity contribution in [2.45, 2.75) is 143 Å². The minimum Gasteiger partial charge on any atom is -0.393 e. The van der Waals surface area contributed by atoms with Crippen LogP contribution in [0.15, 0.2) is 33.5 Å². The number of aliphatic hydroxyl groups excluding tert-OH is 2. The zero-order valence-electron chi connectivity index (χ0n) is 26.9. The molecule has 8 aliphatic rings. The summed E-state index contributed by atoms with van der Waals surface area (Å²) in [4.78, 5) is 0. The Morgan fingerprint density at radius 2 is 0.929 bits per heavy atom. The van der Waals surface area contributed by atoms with Crippen LogP contribution in [0, 0.1) is 57.2 Å². The van der Waals surface area contributed by atoms with Gasteiger partial charge in [0.25, 0.3) is 0 Å². The van der Waals surface area contributed by atoms with Crippen molar-refractivity contribution >= 4 is 11.4 Å². The van der Waals surface area contributed by atoms with Gasteiger partial charge < -0.3 is 10.2 Å². The molecule has 8 aliphatic carbocycles. The van der Waals surface area contributed by atoms with Gasteiger partial charge in [-0.1, -0.05) is 51.0 Å². The molecule has 4 heteroatoms. The minimum absolute atomic E-state index is 0.123. The van der Waals surface area contributed by atoms with Crippen LogP contribution in [-0.4, -0.2) is 33.8 Å². The monoisotopic (exact) mass is 572 g/mol. The number of hydrogen-bond acceptors (Lipinski definition) is 4. The summed E-state index contributed by atoms with van der Waals surface area (Å²) >= 11 is 0. The Hall–Kier alpha value is -1.26. The van der Waals surface area contributed by atoms with Gasteiger partial charge in [-0.05, 0) is 149 Å². The number of fused-ring (bicyclic) bond motifs is 10. The van der Waals surface area contributed by atoms with Crippen molar-refractivity contribution in [2.24, 2.45) is 67.4 Å². The third-order valence-corrected chi connectivity index (χ3v) is 15.9. The molecule has 0 amide bonds. The molecule has 8 rings (SSSR count). The van der Waals surface area contributed by atoms with E-state index in [1.165, 1.54) is 75.6 Å². The zero-order chi connectivity index (χ0) is 29.1. The number of allylic oxidation sites excluding steroid dienone is 2. The molecule has 0 bridgehead atoms. The van der Waals surface area contributed by atoms with Crippen molar-refractivity contribution in [1.29, 1.82) is 0 Å². The van der Waals surface area contributed by atoms with Crippen LogP contribution in [0.1, 0.15) is 130 Å². The number of aliphatic hydroxyl groups is 2. The molecule has 2 N–H and O–H groups in total. The Morgan fingerprint density at radius 1 is 0.548 bits per heavy atom. The quantitative estimate of drug-likeness (QED) is 0.245. The van der Waals surface area contributed by atoms with Gasteiger partial charge in [-0.15, -0.1) is 0 Å². The molecule has 0 radical (unpaired) electrons. The first-order valence-electron chi connectivity index (χ1n) is 18.0. The van der Waals surface area contributed by atoms with Crippen molar-refractivity contribution in [2.75, 3.05) is 0 Å². The van der Waals surface area contributed by atoms with Gasteiger partial charge in [-0.3, -0.25) is 0 Å². The van der Waals surface area contributed by atoms with Gasteiger partial charge in [-0.2, -0.15) is 10.2 Å². The normalized spacial score (nSPS) is 55.1. The molecule has 0 spiro atoms. The van der Waals surface area contributed by atoms with Crippen LogP contribution in [0.5, 0.6) is 0 Å². The van der Waals surface area contributed by atoms with E-state index in [0.29, 0.717) is 10.8 Å². The molecule has 0 aromatic rings. The summed E-state index contributed by atoms with van der Waals surface area (Å²) in [6.45, 7) is 10.2. The molecular formula is C38H56N2O2. The fourth-order valence-electron chi connectivity index (χ4n) is 13.3. The van der Waals surface area contributed by atoms with E-state index < -0.39 is 0 Å². The first-order chi connectivity index (χ1) is 20.1. The molecule has 6 fully saturated rings. The molecule has 0 aliphatic heterocycles. The maximum atomic E-state index is 10.4. The third kappa shape index (κ3) is 3.85. The topological polar surface area (TPSA) is 65.2 Å². The lowest BCUT2D eigenvalue weighted by Gasteiger charge is -2.57. The summed E-state index contributed by atoms with van der Waals surface area (Å²) in [5, 5.41) is 31.2. The summed E-state index contributed by atoms with van der Waals surface area (Å²) in [5.41, 5.74) is 7.00. The van der Waals surface area contributed by atoms with E-state index in [1.807, 2.05) is 0 Å². The molecule has 4 nitrogen and oxygen atoms in total. The standard InChI is InChI=1S/C38H56N2O2/c1-35-17-13-25(41)21-23(35)5-7-27-29-9-11-33(37(29,3)19-15-31(27)35)39-40-34-12-10-30-28-8-6-24-22-26(42)14-18-36(24,2)32(28)16-20-38(30,34)4/h5-6,25-32,41-42H,7-22H2,1-4H3/b39-33+,40-34?/t25-,26-,27-,28-,29-,30-,31-,32-,35-,36-,37-,38-/m0/s1. The van der Waals surface area contributed by atoms with E-state index >= 15 is 0 Å². The van der Waals surface area contributed by atoms with Gasteiger partial charge in [-0.25, -0.2) is 0 Å². The number of rotatable bonds is 1. The summed E-state index contributed by atoms with van der Waals surface area (Å²) in [6, 6.07) is 0. The first kappa shape index (κ1) is 28.2. The van der Waals surface area contributed by atoms with E-state index in [0.717, 1.165) is 74.0 Å². The van der Waals surface area contributed by atoms with Gasteiger partial charge >= 0.3 is 0 Å². The van der Waals surface area contributed by atoms with E-state index in [2.05, 4.69) is 39.8 Å². The summed E-state index contributed by atoms with van der Waals surface area (Å²) in [7, 11) is 0. The Labute approximate surface area is 254 Å². The lowest BCUT2D eigenvalue weighted by atomic mass is 9.48. The van der Waals surface area contributed by atoms with Crippen molar-refractivity contribution in [1.82, 2.24) is 0 Å². The van der Waals surface area contributed by atoms with Crippen LogP contribution < -0.4 is 0 Å². The Bertz CT molecular complexity index is 1170. The fourth-order valence-corrected chi connectivity index (χ4v) is 13.3. The molecule has 0 heterocycles. The third-order valence-electron chi connectivity index (χ3n) is 15.9. The smallest absolute Gasteiger partial charge is 0.0577 e. The van der Waals surface area contributed by atoms with Gasteiger partial charge in [0.1, 0.15) is 0 Å². The Balaban J connectivity index is 1.03. The number of hydrogen-bond donors (Lipinski definition) is 2. The molecule has 0 unspecified atom stereocenters. The van der Waals surface area contributed by atoms with E-state index in [-0.39, 0.29) is 23.0 Å². The molecule has 230 valence electrons. The average Bonchev–Trinajstić information content (AvgIpc) is 3.48. The second-order valence-corrected chi connectivity index (χ2v) is 17.4. The lowest BCUT2D eigenvalue weighted by Crippen LogP contribution is -2.50. The highest BCUT2D eigenvalue weighted by atomic mass is 16.3. The van der Waals surface area contributed by atoms with Crippen molar-refractivity contribution in [3.05, 3.63) is 23.3 Å². The second-order valence-electron chi connectivity index (χ2n) is 17.4. The maximum Gasteiger partial charge on any atom is 0.0577 e. The maximum absolute atomic E-state index is 10.4. The lowest BCUT2D eigenvalue weighted by molar-refractivity contribution is -0.0212. The second kappa shape index (κ2) is 9.62. The molecule has 0 aromatic heterocycles. The molecule has 0 saturated heterocycles. The largest absolute Gasteiger partial charge is 0.393 e. The van der Waals surface area contributed by atoms with Crippen molar-refractivity contribution in [3.63, 3.8) is 0 Å². The van der Waals surface area contributed by atoms with Crippen LogP contribution in [-0.2, 0) is 0 Å². The molecular weight excluding hydrogens is 516 g/mol. The molecule has 12 atom stereocenters. The van der Waals surface area contributed by atoms with Gasteiger partial charge in [0, 0.05) is 22.3 Å². The van der Waals surface area contributed by atoms with Crippen LogP contribution in [0.4, 0.5) is 0 Å². The highest BCUT2D eigenvalue weighted by Crippen LogP contribution is 2.66. The zero-order valence-corrected chi connectivity index (χ0v) is 26.9. The SMILES string of the molecule is C[C@]12CC[C@H](O)CC1=CC[C@@H]1[C@@H]2CC[C@]2(C)C(=N/N=C3\CC[C@H]4[C@@H]5CC=C6C[C@@H](O)CC[C@]6(C)[C@H]5CC[C@]34C)CC[C@@H]12. The van der Waals surface area contributed by atoms with Crippen LogP contribution >= 0.6 is 0 Å². The van der Waals surface area contributed by atoms with E-state index in [1.54, 1.807) is 11.1 Å². The Kier molecular flexibility index (Phi) is 6.47. The number of nitrogens with zero attached hydrogens (tertiary/aromatic N) is 2. The van der Waals surface area contributed by atoms with Gasteiger partial charge in [0.15, 0.2) is 0 Å². The van der Waals surface area contributed by atoms with Crippen molar-refractivity contribution in [3.8, 4) is 0 Å². The first-order valence-corrected chi connectivity index (χ1v) is 18.0. The molecule has 42 heavy (non-hydrogen) atoms. The highest BCUT2D eigenvalue weighted by Gasteiger charge is 2.59. The van der Waals surface area contributed by atoms with Crippen LogP contribution in [0.2, 0.25) is 0 Å². The average molecular weight is 573 g/mol. The van der Waals surface area contributed by atoms with Gasteiger partial charge in [0.2, 0.25) is 0 Å². The predicted molar refractivity (Wildman–Crippen MR) is 170 cm³/mol. The summed E-state index contributed by atoms with van der Waals surface area (Å²) < 4.78 is 0. The highest BCUT2D eigenvalue weighted by molar-refractivity contribution is 5.95. The minimum atomic E-state index is -0.123. The summed E-state index contributed by atoms with van der Waals surface area (Å²) in [5.74, 6) is 4.55. The van der Waals surface area contributed by atoms with E-state index in [9.17, 15) is 10.2 Å². The molecule has 6 saturated carbocycles.